The first-order chi connectivity index (χ1) is 20.2. The van der Waals surface area contributed by atoms with Gasteiger partial charge in [-0.2, -0.15) is 0 Å². The molecule has 1 aliphatic heterocycles. The normalized spacial score (nSPS) is 18.0. The molecule has 2 atom stereocenters. The third-order valence-electron chi connectivity index (χ3n) is 8.22. The van der Waals surface area contributed by atoms with E-state index in [-0.39, 0.29) is 11.6 Å². The highest BCUT2D eigenvalue weighted by Crippen LogP contribution is 2.42. The number of hydrogen-bond acceptors (Lipinski definition) is 5. The summed E-state index contributed by atoms with van der Waals surface area (Å²) < 4.78 is 19.7. The molecular weight excluding hydrogens is 554 g/mol. The molecule has 0 bridgehead atoms. The number of rotatable bonds is 8. The highest BCUT2D eigenvalue weighted by atomic mass is 28.4. The standard InChI is InChI=1S/C36H45NO5Si/c1-34(2,3)41-33(39)37-30(31(24-25-32(37)38)42-43(7,8)35(4,5)6)26-40-36(27-18-12-9-13-19-27,28-20-14-10-15-21-28)29-22-16-11-17-23-29/h9-25,30-31H,26H2,1-8H3/t30-,31+/m0/s1. The third kappa shape index (κ3) is 7.17. The Morgan fingerprint density at radius 1 is 0.767 bits per heavy atom. The van der Waals surface area contributed by atoms with Gasteiger partial charge in [-0.05, 0) is 61.7 Å². The Bertz CT molecular complexity index is 1310. The summed E-state index contributed by atoms with van der Waals surface area (Å²) in [5.74, 6) is -0.456. The van der Waals surface area contributed by atoms with Crippen molar-refractivity contribution in [2.75, 3.05) is 6.61 Å². The Morgan fingerprint density at radius 3 is 1.60 bits per heavy atom. The smallest absolute Gasteiger partial charge is 0.417 e. The molecule has 0 aliphatic carbocycles. The Labute approximate surface area is 257 Å². The molecular formula is C36H45NO5Si. The third-order valence-corrected chi connectivity index (χ3v) is 12.7. The van der Waals surface area contributed by atoms with Crippen LogP contribution in [0.1, 0.15) is 58.2 Å². The zero-order chi connectivity index (χ0) is 31.5. The number of carbonyl (C=O) groups is 2. The lowest BCUT2D eigenvalue weighted by Gasteiger charge is -2.45. The molecule has 0 saturated carbocycles. The molecule has 0 spiro atoms. The van der Waals surface area contributed by atoms with Gasteiger partial charge in [-0.15, -0.1) is 0 Å². The first-order valence-electron chi connectivity index (χ1n) is 14.9. The second kappa shape index (κ2) is 12.6. The van der Waals surface area contributed by atoms with Crippen molar-refractivity contribution in [1.82, 2.24) is 4.90 Å². The number of amides is 2. The van der Waals surface area contributed by atoms with Crippen molar-refractivity contribution < 1.29 is 23.5 Å². The van der Waals surface area contributed by atoms with E-state index in [1.54, 1.807) is 26.8 Å². The van der Waals surface area contributed by atoms with Crippen LogP contribution in [0, 0.1) is 0 Å². The van der Waals surface area contributed by atoms with Crippen LogP contribution in [0.5, 0.6) is 0 Å². The number of ether oxygens (including phenoxy) is 2. The van der Waals surface area contributed by atoms with E-state index in [1.807, 2.05) is 91.0 Å². The predicted molar refractivity (Wildman–Crippen MR) is 173 cm³/mol. The molecule has 6 nitrogen and oxygen atoms in total. The maximum Gasteiger partial charge on any atom is 0.417 e. The van der Waals surface area contributed by atoms with E-state index in [9.17, 15) is 9.59 Å². The number of nitrogens with zero attached hydrogens (tertiary/aromatic N) is 1. The van der Waals surface area contributed by atoms with Crippen LogP contribution < -0.4 is 0 Å². The number of hydrogen-bond donors (Lipinski definition) is 0. The topological polar surface area (TPSA) is 65.1 Å². The number of benzene rings is 3. The molecule has 228 valence electrons. The lowest BCUT2D eigenvalue weighted by Crippen LogP contribution is -2.59. The van der Waals surface area contributed by atoms with Crippen LogP contribution in [0.3, 0.4) is 0 Å². The van der Waals surface area contributed by atoms with Gasteiger partial charge in [0.1, 0.15) is 11.2 Å². The maximum absolute atomic E-state index is 13.6. The lowest BCUT2D eigenvalue weighted by molar-refractivity contribution is -0.134. The van der Waals surface area contributed by atoms with Gasteiger partial charge in [0, 0.05) is 6.08 Å². The summed E-state index contributed by atoms with van der Waals surface area (Å²) in [4.78, 5) is 28.2. The molecule has 3 aromatic carbocycles. The first-order valence-corrected chi connectivity index (χ1v) is 17.8. The summed E-state index contributed by atoms with van der Waals surface area (Å²) in [6.45, 7) is 16.2. The molecule has 1 aliphatic rings. The van der Waals surface area contributed by atoms with Crippen LogP contribution >= 0.6 is 0 Å². The van der Waals surface area contributed by atoms with E-state index in [0.29, 0.717) is 0 Å². The minimum absolute atomic E-state index is 0.00724. The summed E-state index contributed by atoms with van der Waals surface area (Å²) in [6, 6.07) is 29.3. The van der Waals surface area contributed by atoms with Crippen molar-refractivity contribution in [3.63, 3.8) is 0 Å². The van der Waals surface area contributed by atoms with Gasteiger partial charge >= 0.3 is 6.09 Å². The molecule has 0 unspecified atom stereocenters. The largest absolute Gasteiger partial charge is 0.443 e. The summed E-state index contributed by atoms with van der Waals surface area (Å²) in [5, 5.41) is -0.0909. The molecule has 7 heteroatoms. The molecule has 4 rings (SSSR count). The van der Waals surface area contributed by atoms with E-state index in [1.165, 1.54) is 11.0 Å². The van der Waals surface area contributed by atoms with Crippen molar-refractivity contribution >= 4 is 20.3 Å². The van der Waals surface area contributed by atoms with Crippen molar-refractivity contribution in [2.24, 2.45) is 0 Å². The summed E-state index contributed by atoms with van der Waals surface area (Å²) in [6.07, 6.45) is 1.89. The molecule has 0 aromatic heterocycles. The highest BCUT2D eigenvalue weighted by molar-refractivity contribution is 6.74. The Hall–Kier alpha value is -3.52. The molecule has 0 fully saturated rings. The average Bonchev–Trinajstić information content (AvgIpc) is 2.94. The summed E-state index contributed by atoms with van der Waals surface area (Å²) in [5.41, 5.74) is 0.957. The van der Waals surface area contributed by atoms with E-state index < -0.39 is 43.7 Å². The average molecular weight is 600 g/mol. The van der Waals surface area contributed by atoms with Crippen LogP contribution in [0.2, 0.25) is 18.1 Å². The molecule has 0 N–H and O–H groups in total. The lowest BCUT2D eigenvalue weighted by atomic mass is 9.80. The quantitative estimate of drug-likeness (QED) is 0.193. The van der Waals surface area contributed by atoms with Crippen LogP contribution in [0.25, 0.3) is 0 Å². The fourth-order valence-corrected chi connectivity index (χ4v) is 6.29. The SMILES string of the molecule is CC(C)(C)OC(=O)N1C(=O)C=C[C@@H](O[Si](C)(C)C(C)(C)C)[C@@H]1COC(c1ccccc1)(c1ccccc1)c1ccccc1. The van der Waals surface area contributed by atoms with Crippen molar-refractivity contribution in [3.8, 4) is 0 Å². The molecule has 43 heavy (non-hydrogen) atoms. The van der Waals surface area contributed by atoms with Gasteiger partial charge in [0.25, 0.3) is 5.91 Å². The van der Waals surface area contributed by atoms with Gasteiger partial charge in [0.2, 0.25) is 0 Å². The van der Waals surface area contributed by atoms with Crippen LogP contribution in [-0.4, -0.2) is 49.6 Å². The Kier molecular flexibility index (Phi) is 9.50. The Balaban J connectivity index is 1.86. The molecule has 3 aromatic rings. The summed E-state index contributed by atoms with van der Waals surface area (Å²) in [7, 11) is -2.33. The van der Waals surface area contributed by atoms with E-state index >= 15 is 0 Å². The van der Waals surface area contributed by atoms with Crippen LogP contribution in [0.15, 0.2) is 103 Å². The van der Waals surface area contributed by atoms with Crippen molar-refractivity contribution in [1.29, 1.82) is 0 Å². The number of imide groups is 1. The van der Waals surface area contributed by atoms with Gasteiger partial charge in [-0.3, -0.25) is 4.79 Å². The monoisotopic (exact) mass is 599 g/mol. The minimum atomic E-state index is -2.33. The van der Waals surface area contributed by atoms with Crippen LogP contribution in [-0.2, 0) is 24.3 Å². The van der Waals surface area contributed by atoms with Crippen molar-refractivity contribution in [3.05, 3.63) is 120 Å². The van der Waals surface area contributed by atoms with Crippen molar-refractivity contribution in [2.45, 2.75) is 83.0 Å². The van der Waals surface area contributed by atoms with Gasteiger partial charge in [0.05, 0.1) is 18.8 Å². The second-order valence-corrected chi connectivity index (χ2v) is 18.3. The number of carbonyl (C=O) groups excluding carboxylic acids is 2. The predicted octanol–water partition coefficient (Wildman–Crippen LogP) is 8.09. The van der Waals surface area contributed by atoms with Gasteiger partial charge < -0.3 is 13.9 Å². The zero-order valence-electron chi connectivity index (χ0n) is 26.7. The first kappa shape index (κ1) is 32.4. The summed E-state index contributed by atoms with van der Waals surface area (Å²) >= 11 is 0. The van der Waals surface area contributed by atoms with E-state index in [4.69, 9.17) is 13.9 Å². The molecule has 1 heterocycles. The zero-order valence-corrected chi connectivity index (χ0v) is 27.7. The maximum atomic E-state index is 13.6. The van der Waals surface area contributed by atoms with Gasteiger partial charge in [-0.1, -0.05) is 112 Å². The van der Waals surface area contributed by atoms with Crippen LogP contribution in [0.4, 0.5) is 4.79 Å². The second-order valence-electron chi connectivity index (χ2n) is 13.5. The fraction of sp³-hybridized carbons (Fsp3) is 0.389. The van der Waals surface area contributed by atoms with Gasteiger partial charge in [-0.25, -0.2) is 9.69 Å². The minimum Gasteiger partial charge on any atom is -0.443 e. The molecule has 2 amide bonds. The molecule has 0 radical (unpaired) electrons. The van der Waals surface area contributed by atoms with E-state index in [0.717, 1.165) is 16.7 Å². The highest BCUT2D eigenvalue weighted by Gasteiger charge is 2.47. The fourth-order valence-electron chi connectivity index (χ4n) is 5.02. The molecule has 0 saturated heterocycles. The van der Waals surface area contributed by atoms with Gasteiger partial charge in [0.15, 0.2) is 8.32 Å². The van der Waals surface area contributed by atoms with E-state index in [2.05, 4.69) is 33.9 Å². The Morgan fingerprint density at radius 2 is 1.21 bits per heavy atom.